The summed E-state index contributed by atoms with van der Waals surface area (Å²) >= 11 is 0. The Morgan fingerprint density at radius 1 is 1.18 bits per heavy atom. The Bertz CT molecular complexity index is 363. The second-order valence-electron chi connectivity index (χ2n) is 5.20. The fourth-order valence-electron chi connectivity index (χ4n) is 1.37. The van der Waals surface area contributed by atoms with Gasteiger partial charge in [0.2, 0.25) is 5.91 Å². The van der Waals surface area contributed by atoms with Gasteiger partial charge in [-0.05, 0) is 44.9 Å². The second-order valence-corrected chi connectivity index (χ2v) is 5.20. The van der Waals surface area contributed by atoms with Crippen LogP contribution in [0, 0.1) is 0 Å². The van der Waals surface area contributed by atoms with Crippen LogP contribution in [0.5, 0.6) is 0 Å². The van der Waals surface area contributed by atoms with E-state index in [9.17, 15) is 4.79 Å². The van der Waals surface area contributed by atoms with E-state index in [4.69, 9.17) is 0 Å². The largest absolute Gasteiger partial charge is 0.325 e. The first kappa shape index (κ1) is 13.7. The van der Waals surface area contributed by atoms with E-state index in [1.165, 1.54) is 5.56 Å². The van der Waals surface area contributed by atoms with Crippen LogP contribution in [0.2, 0.25) is 0 Å². The van der Waals surface area contributed by atoms with Gasteiger partial charge in [0.1, 0.15) is 0 Å². The first-order valence-corrected chi connectivity index (χ1v) is 6.04. The normalized spacial score (nSPS) is 11.3. The first-order valence-electron chi connectivity index (χ1n) is 6.04. The van der Waals surface area contributed by atoms with Crippen LogP contribution in [-0.2, 0) is 11.2 Å². The van der Waals surface area contributed by atoms with Crippen LogP contribution in [0.1, 0.15) is 33.3 Å². The lowest BCUT2D eigenvalue weighted by atomic mass is 10.1. The van der Waals surface area contributed by atoms with E-state index >= 15 is 0 Å². The number of aryl methyl sites for hydroxylation is 1. The number of nitrogens with one attached hydrogen (secondary N) is 2. The molecule has 0 aromatic heterocycles. The SMILES string of the molecule is CCc1ccc(NC(=O)CNC(C)(C)C)cc1. The molecule has 0 aliphatic carbocycles. The summed E-state index contributed by atoms with van der Waals surface area (Å²) < 4.78 is 0. The Hall–Kier alpha value is -1.35. The van der Waals surface area contributed by atoms with Crippen LogP contribution < -0.4 is 10.6 Å². The van der Waals surface area contributed by atoms with Gasteiger partial charge < -0.3 is 10.6 Å². The Morgan fingerprint density at radius 2 is 1.76 bits per heavy atom. The molecule has 0 aliphatic rings. The number of hydrogen-bond acceptors (Lipinski definition) is 2. The van der Waals surface area contributed by atoms with Crippen molar-refractivity contribution in [2.75, 3.05) is 11.9 Å². The van der Waals surface area contributed by atoms with Gasteiger partial charge in [-0.15, -0.1) is 0 Å². The van der Waals surface area contributed by atoms with Gasteiger partial charge in [-0.3, -0.25) is 4.79 Å². The minimum Gasteiger partial charge on any atom is -0.325 e. The molecule has 0 radical (unpaired) electrons. The molecule has 0 fully saturated rings. The Morgan fingerprint density at radius 3 is 2.24 bits per heavy atom. The van der Waals surface area contributed by atoms with Crippen LogP contribution in [0.4, 0.5) is 5.69 Å². The molecular formula is C14H22N2O. The lowest BCUT2D eigenvalue weighted by Gasteiger charge is -2.20. The van der Waals surface area contributed by atoms with Crippen molar-refractivity contribution < 1.29 is 4.79 Å². The number of anilines is 1. The standard InChI is InChI=1S/C14H22N2O/c1-5-11-6-8-12(9-7-11)16-13(17)10-15-14(2,3)4/h6-9,15H,5,10H2,1-4H3,(H,16,17). The van der Waals surface area contributed by atoms with Gasteiger partial charge in [-0.1, -0.05) is 19.1 Å². The van der Waals surface area contributed by atoms with Gasteiger partial charge in [-0.25, -0.2) is 0 Å². The maximum atomic E-state index is 11.6. The van der Waals surface area contributed by atoms with Crippen molar-refractivity contribution in [2.24, 2.45) is 0 Å². The highest BCUT2D eigenvalue weighted by molar-refractivity contribution is 5.92. The summed E-state index contributed by atoms with van der Waals surface area (Å²) in [6, 6.07) is 7.95. The van der Waals surface area contributed by atoms with Gasteiger partial charge in [0, 0.05) is 11.2 Å². The van der Waals surface area contributed by atoms with E-state index in [0.29, 0.717) is 6.54 Å². The van der Waals surface area contributed by atoms with Crippen LogP contribution >= 0.6 is 0 Å². The fourth-order valence-corrected chi connectivity index (χ4v) is 1.37. The zero-order chi connectivity index (χ0) is 12.9. The van der Waals surface area contributed by atoms with Gasteiger partial charge >= 0.3 is 0 Å². The lowest BCUT2D eigenvalue weighted by Crippen LogP contribution is -2.41. The summed E-state index contributed by atoms with van der Waals surface area (Å²) in [6.45, 7) is 8.56. The topological polar surface area (TPSA) is 41.1 Å². The summed E-state index contributed by atoms with van der Waals surface area (Å²) in [6.07, 6.45) is 1.01. The van der Waals surface area contributed by atoms with Crippen LogP contribution in [-0.4, -0.2) is 18.0 Å². The van der Waals surface area contributed by atoms with Gasteiger partial charge in [0.25, 0.3) is 0 Å². The number of amides is 1. The Labute approximate surface area is 104 Å². The molecular weight excluding hydrogens is 212 g/mol. The predicted molar refractivity (Wildman–Crippen MR) is 72.2 cm³/mol. The number of carbonyl (C=O) groups is 1. The quantitative estimate of drug-likeness (QED) is 0.840. The molecule has 1 aromatic rings. The minimum atomic E-state index is -0.0383. The van der Waals surface area contributed by atoms with Crippen molar-refractivity contribution in [1.29, 1.82) is 0 Å². The second kappa shape index (κ2) is 5.82. The van der Waals surface area contributed by atoms with E-state index in [2.05, 4.69) is 17.6 Å². The van der Waals surface area contributed by atoms with Gasteiger partial charge in [0.15, 0.2) is 0 Å². The predicted octanol–water partition coefficient (Wildman–Crippen LogP) is 2.58. The molecule has 0 saturated carbocycles. The third kappa shape index (κ3) is 5.50. The molecule has 94 valence electrons. The summed E-state index contributed by atoms with van der Waals surface area (Å²) in [5.74, 6) is -0.0100. The maximum Gasteiger partial charge on any atom is 0.238 e. The average molecular weight is 234 g/mol. The van der Waals surface area contributed by atoms with E-state index in [1.807, 2.05) is 45.0 Å². The minimum absolute atomic E-state index is 0.0100. The molecule has 0 saturated heterocycles. The van der Waals surface area contributed by atoms with E-state index in [1.54, 1.807) is 0 Å². The van der Waals surface area contributed by atoms with Crippen molar-refractivity contribution in [3.05, 3.63) is 29.8 Å². The molecule has 3 nitrogen and oxygen atoms in total. The highest BCUT2D eigenvalue weighted by Gasteiger charge is 2.11. The van der Waals surface area contributed by atoms with E-state index < -0.39 is 0 Å². The molecule has 17 heavy (non-hydrogen) atoms. The van der Waals surface area contributed by atoms with Crippen molar-refractivity contribution in [3.63, 3.8) is 0 Å². The first-order chi connectivity index (χ1) is 7.90. The molecule has 0 unspecified atom stereocenters. The Balaban J connectivity index is 2.45. The highest BCUT2D eigenvalue weighted by atomic mass is 16.1. The van der Waals surface area contributed by atoms with Crippen LogP contribution in [0.25, 0.3) is 0 Å². The van der Waals surface area contributed by atoms with Crippen LogP contribution in [0.15, 0.2) is 24.3 Å². The molecule has 0 bridgehead atoms. The molecule has 0 heterocycles. The third-order valence-corrected chi connectivity index (χ3v) is 2.43. The van der Waals surface area contributed by atoms with Gasteiger partial charge in [-0.2, -0.15) is 0 Å². The molecule has 2 N–H and O–H groups in total. The smallest absolute Gasteiger partial charge is 0.238 e. The van der Waals surface area contributed by atoms with E-state index in [-0.39, 0.29) is 11.4 Å². The van der Waals surface area contributed by atoms with Crippen molar-refractivity contribution in [2.45, 2.75) is 39.7 Å². The van der Waals surface area contributed by atoms with E-state index in [0.717, 1.165) is 12.1 Å². The fraction of sp³-hybridized carbons (Fsp3) is 0.500. The summed E-state index contributed by atoms with van der Waals surface area (Å²) in [4.78, 5) is 11.6. The number of carbonyl (C=O) groups excluding carboxylic acids is 1. The molecule has 1 aromatic carbocycles. The average Bonchev–Trinajstić information content (AvgIpc) is 2.27. The molecule has 0 atom stereocenters. The third-order valence-electron chi connectivity index (χ3n) is 2.43. The number of benzene rings is 1. The lowest BCUT2D eigenvalue weighted by molar-refractivity contribution is -0.115. The molecule has 3 heteroatoms. The molecule has 1 amide bonds. The zero-order valence-electron chi connectivity index (χ0n) is 11.1. The monoisotopic (exact) mass is 234 g/mol. The molecule has 1 rings (SSSR count). The molecule has 0 spiro atoms. The summed E-state index contributed by atoms with van der Waals surface area (Å²) in [5.41, 5.74) is 2.09. The Kier molecular flexibility index (Phi) is 4.70. The van der Waals surface area contributed by atoms with Crippen molar-refractivity contribution >= 4 is 11.6 Å². The van der Waals surface area contributed by atoms with Crippen molar-refractivity contribution in [3.8, 4) is 0 Å². The molecule has 0 aliphatic heterocycles. The zero-order valence-corrected chi connectivity index (χ0v) is 11.1. The van der Waals surface area contributed by atoms with Crippen molar-refractivity contribution in [1.82, 2.24) is 5.32 Å². The summed E-state index contributed by atoms with van der Waals surface area (Å²) in [7, 11) is 0. The maximum absolute atomic E-state index is 11.6. The summed E-state index contributed by atoms with van der Waals surface area (Å²) in [5, 5.41) is 6.02. The number of rotatable bonds is 4. The highest BCUT2D eigenvalue weighted by Crippen LogP contribution is 2.09. The van der Waals surface area contributed by atoms with Crippen LogP contribution in [0.3, 0.4) is 0 Å². The number of hydrogen-bond donors (Lipinski definition) is 2. The van der Waals surface area contributed by atoms with Gasteiger partial charge in [0.05, 0.1) is 6.54 Å².